The van der Waals surface area contributed by atoms with Gasteiger partial charge in [-0.15, -0.1) is 10.2 Å². The Morgan fingerprint density at radius 2 is 2.25 bits per heavy atom. The number of H-pyrrole nitrogens is 1. The minimum absolute atomic E-state index is 0.0303. The number of hydrogen-bond acceptors (Lipinski definition) is 5. The van der Waals surface area contributed by atoms with E-state index in [9.17, 15) is 9.59 Å². The smallest absolute Gasteiger partial charge is 0.231 e. The topological polar surface area (TPSA) is 91.0 Å². The second-order valence-electron chi connectivity index (χ2n) is 7.20. The molecule has 0 aliphatic carbocycles. The number of hydrogen-bond donors (Lipinski definition) is 2. The van der Waals surface area contributed by atoms with Gasteiger partial charge >= 0.3 is 0 Å². The van der Waals surface area contributed by atoms with Crippen molar-refractivity contribution < 1.29 is 9.59 Å². The van der Waals surface area contributed by atoms with E-state index in [-0.39, 0.29) is 24.2 Å². The van der Waals surface area contributed by atoms with Gasteiger partial charge < -0.3 is 15.2 Å². The number of carbonyl (C=O) groups excluding carboxylic acids is 2. The zero-order valence-electron chi connectivity index (χ0n) is 16.0. The number of fused-ring (bicyclic) bond motifs is 1. The van der Waals surface area contributed by atoms with Gasteiger partial charge in [0.25, 0.3) is 0 Å². The number of amides is 2. The summed E-state index contributed by atoms with van der Waals surface area (Å²) in [6.45, 7) is 5.13. The minimum Gasteiger partial charge on any atom is -0.361 e. The summed E-state index contributed by atoms with van der Waals surface area (Å²) < 4.78 is 0. The summed E-state index contributed by atoms with van der Waals surface area (Å²) in [7, 11) is 0. The van der Waals surface area contributed by atoms with Crippen LogP contribution in [0.3, 0.4) is 0 Å². The van der Waals surface area contributed by atoms with Crippen LogP contribution in [0.25, 0.3) is 10.9 Å². The summed E-state index contributed by atoms with van der Waals surface area (Å²) in [4.78, 5) is 29.9. The quantitative estimate of drug-likeness (QED) is 0.669. The highest BCUT2D eigenvalue weighted by atomic mass is 32.1. The molecule has 146 valence electrons. The van der Waals surface area contributed by atoms with E-state index >= 15 is 0 Å². The third-order valence-electron chi connectivity index (χ3n) is 5.16. The highest BCUT2D eigenvalue weighted by molar-refractivity contribution is 7.15. The molecule has 0 spiro atoms. The average Bonchev–Trinajstić information content (AvgIpc) is 3.38. The molecule has 1 aromatic carbocycles. The van der Waals surface area contributed by atoms with Gasteiger partial charge in [-0.2, -0.15) is 0 Å². The molecular formula is C20H23N5O2S. The highest BCUT2D eigenvalue weighted by Gasteiger charge is 2.34. The van der Waals surface area contributed by atoms with Gasteiger partial charge in [-0.25, -0.2) is 0 Å². The first-order chi connectivity index (χ1) is 13.5. The number of nitrogens with one attached hydrogen (secondary N) is 2. The Balaban J connectivity index is 1.36. The molecule has 1 aliphatic rings. The van der Waals surface area contributed by atoms with E-state index in [1.54, 1.807) is 4.90 Å². The lowest BCUT2D eigenvalue weighted by Crippen LogP contribution is -2.30. The van der Waals surface area contributed by atoms with Gasteiger partial charge in [-0.05, 0) is 37.5 Å². The van der Waals surface area contributed by atoms with Gasteiger partial charge in [0.1, 0.15) is 5.01 Å². The summed E-state index contributed by atoms with van der Waals surface area (Å²) in [6.07, 6.45) is 3.81. The summed E-state index contributed by atoms with van der Waals surface area (Å²) in [5.74, 6) is -0.466. The summed E-state index contributed by atoms with van der Waals surface area (Å²) in [6, 6.07) is 6.32. The number of aryl methyl sites for hydroxylation is 2. The van der Waals surface area contributed by atoms with Crippen LogP contribution < -0.4 is 5.32 Å². The maximum Gasteiger partial charge on any atom is 0.231 e. The third kappa shape index (κ3) is 3.77. The lowest BCUT2D eigenvalue weighted by atomic mass is 10.1. The van der Waals surface area contributed by atoms with Gasteiger partial charge in [0, 0.05) is 36.6 Å². The molecule has 4 rings (SSSR count). The molecule has 1 saturated heterocycles. The third-order valence-corrected chi connectivity index (χ3v) is 6.14. The van der Waals surface area contributed by atoms with Gasteiger partial charge in [0.2, 0.25) is 16.9 Å². The number of likely N-dealkylation sites (tertiary alicyclic amines) is 1. The van der Waals surface area contributed by atoms with Crippen molar-refractivity contribution in [1.29, 1.82) is 0 Å². The van der Waals surface area contributed by atoms with E-state index in [4.69, 9.17) is 0 Å². The predicted molar refractivity (Wildman–Crippen MR) is 109 cm³/mol. The Labute approximate surface area is 167 Å². The van der Waals surface area contributed by atoms with Crippen LogP contribution in [-0.2, 0) is 22.4 Å². The fourth-order valence-electron chi connectivity index (χ4n) is 3.57. The molecule has 2 aromatic heterocycles. The fraction of sp³-hybridized carbons (Fsp3) is 0.400. The van der Waals surface area contributed by atoms with Crippen molar-refractivity contribution in [2.45, 2.75) is 33.1 Å². The summed E-state index contributed by atoms with van der Waals surface area (Å²) in [5.41, 5.74) is 3.51. The molecule has 28 heavy (non-hydrogen) atoms. The Bertz CT molecular complexity index is 1020. The van der Waals surface area contributed by atoms with E-state index in [1.807, 2.05) is 13.1 Å². The van der Waals surface area contributed by atoms with Crippen LogP contribution in [-0.4, -0.2) is 45.0 Å². The Kier molecular flexibility index (Phi) is 5.13. The Morgan fingerprint density at radius 1 is 1.39 bits per heavy atom. The van der Waals surface area contributed by atoms with Crippen molar-refractivity contribution in [2.75, 3.05) is 18.4 Å². The zero-order chi connectivity index (χ0) is 19.7. The first-order valence-corrected chi connectivity index (χ1v) is 10.3. The van der Waals surface area contributed by atoms with Crippen LogP contribution in [0.1, 0.15) is 29.5 Å². The summed E-state index contributed by atoms with van der Waals surface area (Å²) in [5, 5.41) is 13.4. The molecule has 2 N–H and O–H groups in total. The predicted octanol–water partition coefficient (Wildman–Crippen LogP) is 2.92. The van der Waals surface area contributed by atoms with Gasteiger partial charge in [0.05, 0.1) is 5.92 Å². The normalized spacial score (nSPS) is 16.9. The first kappa shape index (κ1) is 18.6. The van der Waals surface area contributed by atoms with Crippen LogP contribution >= 0.6 is 11.3 Å². The van der Waals surface area contributed by atoms with Gasteiger partial charge in [-0.3, -0.25) is 9.59 Å². The maximum atomic E-state index is 12.5. The number of rotatable bonds is 6. The van der Waals surface area contributed by atoms with Crippen molar-refractivity contribution in [2.24, 2.45) is 5.92 Å². The number of anilines is 1. The van der Waals surface area contributed by atoms with E-state index in [1.165, 1.54) is 27.8 Å². The van der Waals surface area contributed by atoms with Crippen LogP contribution in [0, 0.1) is 12.8 Å². The zero-order valence-corrected chi connectivity index (χ0v) is 16.8. The molecule has 1 aliphatic heterocycles. The molecule has 3 heterocycles. The monoisotopic (exact) mass is 397 g/mol. The van der Waals surface area contributed by atoms with Gasteiger partial charge in [0.15, 0.2) is 0 Å². The fourth-order valence-corrected chi connectivity index (χ4v) is 4.26. The summed E-state index contributed by atoms with van der Waals surface area (Å²) >= 11 is 1.38. The van der Waals surface area contributed by atoms with E-state index < -0.39 is 0 Å². The van der Waals surface area contributed by atoms with Crippen molar-refractivity contribution in [3.8, 4) is 0 Å². The standard InChI is InChI=1S/C20H23N5O2S/c1-3-17-23-24-20(28-17)22-19(27)14-9-18(26)25(11-14)7-6-13-10-21-16-5-4-12(2)8-15(13)16/h4-5,8,10,14,21H,3,6-7,9,11H2,1-2H3,(H,22,24,27)/t14-/m0/s1. The van der Waals surface area contributed by atoms with E-state index in [2.05, 4.69) is 45.6 Å². The SMILES string of the molecule is CCc1nnc(NC(=O)[C@H]2CC(=O)N(CCc3c[nH]c4ccc(C)cc34)C2)s1. The molecule has 0 radical (unpaired) electrons. The maximum absolute atomic E-state index is 12.5. The number of aromatic nitrogens is 3. The van der Waals surface area contributed by atoms with Crippen molar-refractivity contribution >= 4 is 39.2 Å². The highest BCUT2D eigenvalue weighted by Crippen LogP contribution is 2.24. The van der Waals surface area contributed by atoms with Crippen molar-refractivity contribution in [1.82, 2.24) is 20.1 Å². The molecule has 1 atom stereocenters. The molecule has 1 fully saturated rings. The molecule has 2 amide bonds. The first-order valence-electron chi connectivity index (χ1n) is 9.51. The molecule has 8 heteroatoms. The minimum atomic E-state index is -0.341. The number of benzene rings is 1. The van der Waals surface area contributed by atoms with Crippen LogP contribution in [0.5, 0.6) is 0 Å². The molecule has 0 bridgehead atoms. The Hall–Kier alpha value is -2.74. The van der Waals surface area contributed by atoms with Crippen molar-refractivity contribution in [3.05, 3.63) is 40.5 Å². The second-order valence-corrected chi connectivity index (χ2v) is 8.26. The molecule has 7 nitrogen and oxygen atoms in total. The van der Waals surface area contributed by atoms with Crippen LogP contribution in [0.4, 0.5) is 5.13 Å². The van der Waals surface area contributed by atoms with E-state index in [0.29, 0.717) is 18.2 Å². The van der Waals surface area contributed by atoms with Crippen LogP contribution in [0.15, 0.2) is 24.4 Å². The number of aromatic amines is 1. The molecule has 3 aromatic rings. The molecule has 0 saturated carbocycles. The Morgan fingerprint density at radius 3 is 3.04 bits per heavy atom. The molecular weight excluding hydrogens is 374 g/mol. The number of carbonyl (C=O) groups is 2. The lowest BCUT2D eigenvalue weighted by molar-refractivity contribution is -0.128. The average molecular weight is 398 g/mol. The van der Waals surface area contributed by atoms with Crippen molar-refractivity contribution in [3.63, 3.8) is 0 Å². The lowest BCUT2D eigenvalue weighted by Gasteiger charge is -2.16. The van der Waals surface area contributed by atoms with Crippen LogP contribution in [0.2, 0.25) is 0 Å². The largest absolute Gasteiger partial charge is 0.361 e. The van der Waals surface area contributed by atoms with Gasteiger partial charge in [-0.1, -0.05) is 29.9 Å². The second kappa shape index (κ2) is 7.71. The molecule has 0 unspecified atom stereocenters. The number of nitrogens with zero attached hydrogens (tertiary/aromatic N) is 3. The van der Waals surface area contributed by atoms with E-state index in [0.717, 1.165) is 23.4 Å².